The molecule has 0 radical (unpaired) electrons. The van der Waals surface area contributed by atoms with Crippen molar-refractivity contribution >= 4 is 0 Å². The maximum Gasteiger partial charge on any atom is 0.0638 e. The van der Waals surface area contributed by atoms with Crippen LogP contribution in [0, 0.1) is 11.3 Å². The average molecular weight is 182 g/mol. The lowest BCUT2D eigenvalue weighted by molar-refractivity contribution is 0.0963. The first kappa shape index (κ1) is 12.4. The summed E-state index contributed by atoms with van der Waals surface area (Å²) in [4.78, 5) is 2.33. The quantitative estimate of drug-likeness (QED) is 0.653. The molecule has 0 aliphatic heterocycles. The van der Waals surface area contributed by atoms with Crippen molar-refractivity contribution in [2.45, 2.75) is 58.5 Å². The van der Waals surface area contributed by atoms with Gasteiger partial charge < -0.3 is 0 Å². The van der Waals surface area contributed by atoms with E-state index in [9.17, 15) is 0 Å². The standard InChI is InChI=1S/C11H22N2/c1-6-10(8-9-12)13(5)11(3,4)7-2/h10H,6-8H2,1-5H3. The zero-order valence-electron chi connectivity index (χ0n) is 9.59. The fourth-order valence-corrected chi connectivity index (χ4v) is 1.40. The third kappa shape index (κ3) is 3.36. The number of nitriles is 1. The molecule has 0 saturated heterocycles. The van der Waals surface area contributed by atoms with Gasteiger partial charge in [0.25, 0.3) is 0 Å². The van der Waals surface area contributed by atoms with Crippen LogP contribution in [0.3, 0.4) is 0 Å². The maximum atomic E-state index is 8.68. The van der Waals surface area contributed by atoms with Gasteiger partial charge >= 0.3 is 0 Å². The van der Waals surface area contributed by atoms with Crippen LogP contribution in [0.1, 0.15) is 47.0 Å². The summed E-state index contributed by atoms with van der Waals surface area (Å²) >= 11 is 0. The first-order chi connectivity index (χ1) is 5.99. The highest BCUT2D eigenvalue weighted by molar-refractivity contribution is 4.87. The smallest absolute Gasteiger partial charge is 0.0638 e. The summed E-state index contributed by atoms with van der Waals surface area (Å²) < 4.78 is 0. The number of hydrogen-bond donors (Lipinski definition) is 0. The van der Waals surface area contributed by atoms with Crippen molar-refractivity contribution in [2.24, 2.45) is 0 Å². The van der Waals surface area contributed by atoms with Crippen LogP contribution in [-0.4, -0.2) is 23.5 Å². The lowest BCUT2D eigenvalue weighted by Crippen LogP contribution is -2.46. The third-order valence-corrected chi connectivity index (χ3v) is 3.17. The van der Waals surface area contributed by atoms with Crippen molar-refractivity contribution in [3.05, 3.63) is 0 Å². The van der Waals surface area contributed by atoms with Crippen LogP contribution in [0.2, 0.25) is 0 Å². The van der Waals surface area contributed by atoms with Crippen LogP contribution in [0.15, 0.2) is 0 Å². The van der Waals surface area contributed by atoms with Gasteiger partial charge in [-0.3, -0.25) is 4.90 Å². The Morgan fingerprint density at radius 1 is 1.38 bits per heavy atom. The summed E-state index contributed by atoms with van der Waals surface area (Å²) in [6.45, 7) is 8.79. The van der Waals surface area contributed by atoms with Gasteiger partial charge in [0.2, 0.25) is 0 Å². The SMILES string of the molecule is CCC(CC#N)N(C)C(C)(C)CC. The van der Waals surface area contributed by atoms with Gasteiger partial charge in [0.15, 0.2) is 0 Å². The highest BCUT2D eigenvalue weighted by Gasteiger charge is 2.26. The molecule has 0 aromatic heterocycles. The van der Waals surface area contributed by atoms with E-state index in [0.29, 0.717) is 12.5 Å². The molecule has 0 aromatic carbocycles. The van der Waals surface area contributed by atoms with E-state index in [1.54, 1.807) is 0 Å². The lowest BCUT2D eigenvalue weighted by Gasteiger charge is -2.39. The second kappa shape index (κ2) is 5.24. The van der Waals surface area contributed by atoms with Gasteiger partial charge in [-0.05, 0) is 33.7 Å². The number of hydrogen-bond acceptors (Lipinski definition) is 2. The fourth-order valence-electron chi connectivity index (χ4n) is 1.40. The van der Waals surface area contributed by atoms with E-state index >= 15 is 0 Å². The van der Waals surface area contributed by atoms with Crippen LogP contribution in [-0.2, 0) is 0 Å². The molecule has 2 nitrogen and oxygen atoms in total. The van der Waals surface area contributed by atoms with Crippen molar-refractivity contribution < 1.29 is 0 Å². The Bertz CT molecular complexity index is 179. The summed E-state index contributed by atoms with van der Waals surface area (Å²) in [5.74, 6) is 0. The van der Waals surface area contributed by atoms with E-state index in [0.717, 1.165) is 12.8 Å². The molecule has 13 heavy (non-hydrogen) atoms. The van der Waals surface area contributed by atoms with Crippen molar-refractivity contribution in [3.63, 3.8) is 0 Å². The van der Waals surface area contributed by atoms with Gasteiger partial charge in [-0.25, -0.2) is 0 Å². The zero-order chi connectivity index (χ0) is 10.5. The van der Waals surface area contributed by atoms with Gasteiger partial charge in [-0.15, -0.1) is 0 Å². The Morgan fingerprint density at radius 2 is 1.92 bits per heavy atom. The van der Waals surface area contributed by atoms with Gasteiger partial charge in [0.05, 0.1) is 12.5 Å². The topological polar surface area (TPSA) is 27.0 Å². The normalized spacial score (nSPS) is 14.2. The van der Waals surface area contributed by atoms with Crippen molar-refractivity contribution in [3.8, 4) is 6.07 Å². The minimum Gasteiger partial charge on any atom is -0.297 e. The molecule has 0 aliphatic carbocycles. The molecule has 0 bridgehead atoms. The van der Waals surface area contributed by atoms with E-state index in [-0.39, 0.29) is 5.54 Å². The highest BCUT2D eigenvalue weighted by atomic mass is 15.2. The monoisotopic (exact) mass is 182 g/mol. The van der Waals surface area contributed by atoms with Crippen LogP contribution in [0.25, 0.3) is 0 Å². The van der Waals surface area contributed by atoms with Gasteiger partial charge in [0, 0.05) is 11.6 Å². The molecule has 0 fully saturated rings. The highest BCUT2D eigenvalue weighted by Crippen LogP contribution is 2.21. The van der Waals surface area contributed by atoms with Crippen molar-refractivity contribution in [2.75, 3.05) is 7.05 Å². The second-order valence-corrected chi connectivity index (χ2v) is 4.20. The predicted octanol–water partition coefficient (Wildman–Crippen LogP) is 2.80. The molecule has 0 saturated carbocycles. The lowest BCUT2D eigenvalue weighted by atomic mass is 9.96. The summed E-state index contributed by atoms with van der Waals surface area (Å²) in [6, 6.07) is 2.66. The molecule has 0 heterocycles. The molecule has 0 aliphatic rings. The van der Waals surface area contributed by atoms with Crippen molar-refractivity contribution in [1.29, 1.82) is 5.26 Å². The summed E-state index contributed by atoms with van der Waals surface area (Å²) in [5, 5.41) is 8.68. The molecule has 2 heteroatoms. The van der Waals surface area contributed by atoms with Crippen LogP contribution in [0.4, 0.5) is 0 Å². The first-order valence-corrected chi connectivity index (χ1v) is 5.09. The Morgan fingerprint density at radius 3 is 2.23 bits per heavy atom. The maximum absolute atomic E-state index is 8.68. The fraction of sp³-hybridized carbons (Fsp3) is 0.909. The zero-order valence-corrected chi connectivity index (χ0v) is 9.59. The van der Waals surface area contributed by atoms with E-state index in [1.165, 1.54) is 0 Å². The average Bonchev–Trinajstić information content (AvgIpc) is 2.13. The summed E-state index contributed by atoms with van der Waals surface area (Å²) in [7, 11) is 2.12. The molecule has 0 amide bonds. The predicted molar refractivity (Wildman–Crippen MR) is 56.4 cm³/mol. The molecule has 76 valence electrons. The molecular formula is C11H22N2. The van der Waals surface area contributed by atoms with Gasteiger partial charge in [-0.1, -0.05) is 13.8 Å². The minimum atomic E-state index is 0.206. The van der Waals surface area contributed by atoms with E-state index in [1.807, 2.05) is 0 Å². The number of nitrogens with zero attached hydrogens (tertiary/aromatic N) is 2. The Kier molecular flexibility index (Phi) is 5.02. The largest absolute Gasteiger partial charge is 0.297 e. The Balaban J connectivity index is 4.36. The molecule has 0 spiro atoms. The third-order valence-electron chi connectivity index (χ3n) is 3.17. The molecule has 0 N–H and O–H groups in total. The molecule has 1 unspecified atom stereocenters. The summed E-state index contributed by atoms with van der Waals surface area (Å²) in [5.41, 5.74) is 0.206. The van der Waals surface area contributed by atoms with E-state index < -0.39 is 0 Å². The minimum absolute atomic E-state index is 0.206. The molecule has 0 rings (SSSR count). The van der Waals surface area contributed by atoms with Crippen LogP contribution in [0.5, 0.6) is 0 Å². The molecular weight excluding hydrogens is 160 g/mol. The Hall–Kier alpha value is -0.550. The van der Waals surface area contributed by atoms with Gasteiger partial charge in [-0.2, -0.15) is 5.26 Å². The molecule has 0 aromatic rings. The van der Waals surface area contributed by atoms with Crippen molar-refractivity contribution in [1.82, 2.24) is 4.90 Å². The first-order valence-electron chi connectivity index (χ1n) is 5.09. The second-order valence-electron chi connectivity index (χ2n) is 4.20. The van der Waals surface area contributed by atoms with Crippen LogP contribution < -0.4 is 0 Å². The Labute approximate surface area is 82.5 Å². The molecule has 1 atom stereocenters. The van der Waals surface area contributed by atoms with E-state index in [4.69, 9.17) is 5.26 Å². The van der Waals surface area contributed by atoms with Gasteiger partial charge in [0.1, 0.15) is 0 Å². The number of rotatable bonds is 5. The summed E-state index contributed by atoms with van der Waals surface area (Å²) in [6.07, 6.45) is 2.80. The van der Waals surface area contributed by atoms with Crippen LogP contribution >= 0.6 is 0 Å². The van der Waals surface area contributed by atoms with E-state index in [2.05, 4.69) is 45.7 Å².